The van der Waals surface area contributed by atoms with E-state index >= 15 is 0 Å². The van der Waals surface area contributed by atoms with Gasteiger partial charge in [-0.1, -0.05) is 18.4 Å². The molecular formula is C11H23N. The maximum atomic E-state index is 3.56. The summed E-state index contributed by atoms with van der Waals surface area (Å²) in [5.41, 5.74) is 1.17. The van der Waals surface area contributed by atoms with Crippen LogP contribution in [0.1, 0.15) is 39.5 Å². The molecule has 0 N–H and O–H groups in total. The monoisotopic (exact) mass is 169 g/mol. The van der Waals surface area contributed by atoms with Gasteiger partial charge in [-0.2, -0.15) is 0 Å². The van der Waals surface area contributed by atoms with Crippen LogP contribution in [0.25, 0.3) is 0 Å². The minimum absolute atomic E-state index is 1.17. The van der Waals surface area contributed by atoms with E-state index in [4.69, 9.17) is 0 Å². The summed E-state index contributed by atoms with van der Waals surface area (Å²) in [5, 5.41) is 0. The number of rotatable bonds is 0. The van der Waals surface area contributed by atoms with E-state index in [0.29, 0.717) is 0 Å². The fourth-order valence-electron chi connectivity index (χ4n) is 1.23. The lowest BCUT2D eigenvalue weighted by Gasteiger charge is -2.10. The Morgan fingerprint density at radius 1 is 1.00 bits per heavy atom. The van der Waals surface area contributed by atoms with Crippen molar-refractivity contribution in [3.05, 3.63) is 12.2 Å². The first-order chi connectivity index (χ1) is 5.63. The van der Waals surface area contributed by atoms with Gasteiger partial charge in [0.2, 0.25) is 0 Å². The molecule has 0 radical (unpaired) electrons. The van der Waals surface area contributed by atoms with Gasteiger partial charge in [0.1, 0.15) is 0 Å². The third kappa shape index (κ3) is 9.70. The topological polar surface area (TPSA) is 3.24 Å². The van der Waals surface area contributed by atoms with E-state index in [1.165, 1.54) is 44.3 Å². The average Bonchev–Trinajstić information content (AvgIpc) is 2.14. The maximum absolute atomic E-state index is 3.56. The molecular weight excluding hydrogens is 146 g/mol. The Morgan fingerprint density at radius 2 is 1.33 bits per heavy atom. The Labute approximate surface area is 77.5 Å². The van der Waals surface area contributed by atoms with E-state index in [1.54, 1.807) is 0 Å². The van der Waals surface area contributed by atoms with Crippen molar-refractivity contribution in [2.24, 2.45) is 0 Å². The highest BCUT2D eigenvalue weighted by atomic mass is 15.1. The van der Waals surface area contributed by atoms with E-state index < -0.39 is 0 Å². The molecule has 0 aromatic carbocycles. The van der Waals surface area contributed by atoms with Gasteiger partial charge >= 0.3 is 0 Å². The summed E-state index contributed by atoms with van der Waals surface area (Å²) in [4.78, 5) is 2.42. The second kappa shape index (κ2) is 7.35. The molecule has 0 aromatic rings. The first-order valence-electron chi connectivity index (χ1n) is 4.93. The van der Waals surface area contributed by atoms with Crippen LogP contribution in [-0.2, 0) is 0 Å². The number of nitrogens with zero attached hydrogens (tertiary/aromatic N) is 1. The van der Waals surface area contributed by atoms with E-state index in [0.717, 1.165) is 0 Å². The molecule has 12 heavy (non-hydrogen) atoms. The summed E-state index contributed by atoms with van der Waals surface area (Å²) in [7, 11) is 2.21. The van der Waals surface area contributed by atoms with Gasteiger partial charge in [0.05, 0.1) is 0 Å². The van der Waals surface area contributed by atoms with Gasteiger partial charge in [-0.05, 0) is 46.8 Å². The molecule has 0 spiro atoms. The molecule has 1 nitrogen and oxygen atoms in total. The highest BCUT2D eigenvalue weighted by molar-refractivity contribution is 4.78. The predicted octanol–water partition coefficient (Wildman–Crippen LogP) is 3.07. The van der Waals surface area contributed by atoms with Crippen molar-refractivity contribution in [2.45, 2.75) is 39.5 Å². The van der Waals surface area contributed by atoms with Crippen molar-refractivity contribution in [2.75, 3.05) is 20.1 Å². The molecule has 1 fully saturated rings. The van der Waals surface area contributed by atoms with E-state index in [1.807, 2.05) is 13.8 Å². The highest BCUT2D eigenvalue weighted by Crippen LogP contribution is 2.06. The predicted molar refractivity (Wildman–Crippen MR) is 56.5 cm³/mol. The van der Waals surface area contributed by atoms with Gasteiger partial charge < -0.3 is 4.90 Å². The lowest BCUT2D eigenvalue weighted by Crippen LogP contribution is -2.18. The fourth-order valence-corrected chi connectivity index (χ4v) is 1.23. The molecule has 0 aromatic heterocycles. The number of allylic oxidation sites excluding steroid dienone is 1. The molecule has 1 heteroatoms. The summed E-state index contributed by atoms with van der Waals surface area (Å²) < 4.78 is 0. The van der Waals surface area contributed by atoms with Crippen LogP contribution >= 0.6 is 0 Å². The molecule has 0 amide bonds. The molecule has 1 aliphatic rings. The van der Waals surface area contributed by atoms with Crippen molar-refractivity contribution in [1.29, 1.82) is 0 Å². The largest absolute Gasteiger partial charge is 0.306 e. The average molecular weight is 169 g/mol. The maximum Gasteiger partial charge on any atom is -0.00218 e. The van der Waals surface area contributed by atoms with Crippen molar-refractivity contribution in [1.82, 2.24) is 4.90 Å². The summed E-state index contributed by atoms with van der Waals surface area (Å²) in [6, 6.07) is 0. The molecule has 1 saturated heterocycles. The van der Waals surface area contributed by atoms with Crippen molar-refractivity contribution in [3.63, 3.8) is 0 Å². The number of hydrogen-bond acceptors (Lipinski definition) is 1. The fraction of sp³-hybridized carbons (Fsp3) is 0.818. The SMILES string of the molecule is C=C(C)C.CN1CCCCCC1. The summed E-state index contributed by atoms with van der Waals surface area (Å²) >= 11 is 0. The van der Waals surface area contributed by atoms with Gasteiger partial charge in [-0.15, -0.1) is 6.58 Å². The van der Waals surface area contributed by atoms with E-state index in [9.17, 15) is 0 Å². The molecule has 1 heterocycles. The van der Waals surface area contributed by atoms with Crippen LogP contribution < -0.4 is 0 Å². The smallest absolute Gasteiger partial charge is 0.00218 e. The Balaban J connectivity index is 0.000000261. The zero-order valence-electron chi connectivity index (χ0n) is 8.90. The molecule has 0 saturated carbocycles. The second-order valence-corrected chi connectivity index (χ2v) is 3.92. The molecule has 0 unspecified atom stereocenters. The van der Waals surface area contributed by atoms with Crippen LogP contribution in [0, 0.1) is 0 Å². The quantitative estimate of drug-likeness (QED) is 0.504. The first kappa shape index (κ1) is 11.7. The Kier molecular flexibility index (Phi) is 7.17. The van der Waals surface area contributed by atoms with Crippen LogP contribution in [0.2, 0.25) is 0 Å². The lowest BCUT2D eigenvalue weighted by molar-refractivity contribution is 0.349. The Bertz CT molecular complexity index is 106. The third-order valence-corrected chi connectivity index (χ3v) is 1.83. The van der Waals surface area contributed by atoms with Gasteiger partial charge in [-0.3, -0.25) is 0 Å². The first-order valence-corrected chi connectivity index (χ1v) is 4.93. The zero-order valence-corrected chi connectivity index (χ0v) is 8.90. The van der Waals surface area contributed by atoms with Gasteiger partial charge in [0, 0.05) is 0 Å². The van der Waals surface area contributed by atoms with Gasteiger partial charge in [-0.25, -0.2) is 0 Å². The summed E-state index contributed by atoms with van der Waals surface area (Å²) in [6.07, 6.45) is 5.72. The third-order valence-electron chi connectivity index (χ3n) is 1.83. The van der Waals surface area contributed by atoms with Gasteiger partial charge in [0.15, 0.2) is 0 Å². The minimum atomic E-state index is 1.17. The van der Waals surface area contributed by atoms with E-state index in [-0.39, 0.29) is 0 Å². The van der Waals surface area contributed by atoms with Crippen LogP contribution in [0.4, 0.5) is 0 Å². The summed E-state index contributed by atoms with van der Waals surface area (Å²) in [5.74, 6) is 0. The standard InChI is InChI=1S/C7H15N.C4H8/c1-8-6-4-2-3-5-7-8;1-4(2)3/h2-7H2,1H3;1H2,2-3H3. The van der Waals surface area contributed by atoms with Crippen molar-refractivity contribution < 1.29 is 0 Å². The molecule has 0 bridgehead atoms. The zero-order chi connectivity index (χ0) is 9.40. The number of hydrogen-bond donors (Lipinski definition) is 0. The number of likely N-dealkylation sites (tertiary alicyclic amines) is 1. The summed E-state index contributed by atoms with van der Waals surface area (Å²) in [6.45, 7) is 10.1. The molecule has 72 valence electrons. The Morgan fingerprint density at radius 3 is 1.67 bits per heavy atom. The lowest BCUT2D eigenvalue weighted by atomic mass is 10.2. The van der Waals surface area contributed by atoms with Crippen LogP contribution in [0.5, 0.6) is 0 Å². The van der Waals surface area contributed by atoms with Gasteiger partial charge in [0.25, 0.3) is 0 Å². The minimum Gasteiger partial charge on any atom is -0.306 e. The highest BCUT2D eigenvalue weighted by Gasteiger charge is 2.01. The van der Waals surface area contributed by atoms with Crippen LogP contribution in [0.3, 0.4) is 0 Å². The second-order valence-electron chi connectivity index (χ2n) is 3.92. The normalized spacial score (nSPS) is 18.9. The molecule has 1 aliphatic heterocycles. The van der Waals surface area contributed by atoms with Crippen molar-refractivity contribution in [3.8, 4) is 0 Å². The van der Waals surface area contributed by atoms with E-state index in [2.05, 4.69) is 18.5 Å². The van der Waals surface area contributed by atoms with Crippen LogP contribution in [-0.4, -0.2) is 25.0 Å². The van der Waals surface area contributed by atoms with Crippen LogP contribution in [0.15, 0.2) is 12.2 Å². The molecule has 0 aliphatic carbocycles. The molecule has 1 rings (SSSR count). The van der Waals surface area contributed by atoms with Crippen molar-refractivity contribution >= 4 is 0 Å². The Hall–Kier alpha value is -0.300. The molecule has 0 atom stereocenters.